The van der Waals surface area contributed by atoms with Gasteiger partial charge in [0.05, 0.1) is 10.3 Å². The Morgan fingerprint density at radius 1 is 1.31 bits per heavy atom. The Hall–Kier alpha value is -1.42. The van der Waals surface area contributed by atoms with Crippen molar-refractivity contribution in [3.63, 3.8) is 0 Å². The molecule has 1 aromatic carbocycles. The molecule has 1 saturated carbocycles. The summed E-state index contributed by atoms with van der Waals surface area (Å²) in [4.78, 5) is 21.4. The summed E-state index contributed by atoms with van der Waals surface area (Å²) in [6.07, 6.45) is 2.43. The van der Waals surface area contributed by atoms with Crippen molar-refractivity contribution in [3.8, 4) is 0 Å². The molecule has 0 unspecified atom stereocenters. The Kier molecular flexibility index (Phi) is 2.68. The highest BCUT2D eigenvalue weighted by Crippen LogP contribution is 2.45. The van der Waals surface area contributed by atoms with Crippen molar-refractivity contribution >= 4 is 22.5 Å². The molecule has 0 spiro atoms. The molecule has 1 aromatic rings. The van der Waals surface area contributed by atoms with Crippen LogP contribution in [0.5, 0.6) is 0 Å². The lowest BCUT2D eigenvalue weighted by atomic mass is 9.65. The van der Waals surface area contributed by atoms with Gasteiger partial charge in [0.2, 0.25) is 5.24 Å². The number of rotatable bonds is 3. The van der Waals surface area contributed by atoms with Crippen molar-refractivity contribution < 1.29 is 9.72 Å². The number of carbonyl (C=O) groups excluding carboxylic acids is 1. The summed E-state index contributed by atoms with van der Waals surface area (Å²) in [7, 11) is 0. The third-order valence-corrected chi connectivity index (χ3v) is 3.58. The minimum atomic E-state index is -0.601. The van der Waals surface area contributed by atoms with Crippen LogP contribution in [0.25, 0.3) is 0 Å². The summed E-state index contributed by atoms with van der Waals surface area (Å²) in [5.41, 5.74) is 0.209. The SMILES string of the molecule is O=C(Cl)C1(c2ccc([N+](=O)[O-])cc2)CCC1. The van der Waals surface area contributed by atoms with Crippen molar-refractivity contribution in [2.75, 3.05) is 0 Å². The van der Waals surface area contributed by atoms with Gasteiger partial charge in [0.25, 0.3) is 5.69 Å². The van der Waals surface area contributed by atoms with Crippen molar-refractivity contribution in [3.05, 3.63) is 39.9 Å². The van der Waals surface area contributed by atoms with E-state index in [9.17, 15) is 14.9 Å². The smallest absolute Gasteiger partial charge is 0.269 e. The zero-order valence-corrected chi connectivity index (χ0v) is 9.24. The summed E-state index contributed by atoms with van der Waals surface area (Å²) in [6, 6.07) is 6.07. The lowest BCUT2D eigenvalue weighted by Crippen LogP contribution is -2.39. The molecule has 0 N–H and O–H groups in total. The Labute approximate surface area is 97.4 Å². The number of nitro benzene ring substituents is 1. The molecular weight excluding hydrogens is 230 g/mol. The molecule has 0 amide bonds. The van der Waals surface area contributed by atoms with E-state index in [4.69, 9.17) is 11.6 Å². The molecule has 0 aromatic heterocycles. The van der Waals surface area contributed by atoms with E-state index in [1.807, 2.05) is 0 Å². The van der Waals surface area contributed by atoms with Crippen molar-refractivity contribution in [1.29, 1.82) is 0 Å². The molecule has 0 heterocycles. The van der Waals surface area contributed by atoms with E-state index < -0.39 is 10.3 Å². The number of halogens is 1. The number of nitro groups is 1. The highest BCUT2D eigenvalue weighted by Gasteiger charge is 2.44. The zero-order chi connectivity index (χ0) is 11.8. The van der Waals surface area contributed by atoms with Crippen LogP contribution >= 0.6 is 11.6 Å². The molecule has 0 saturated heterocycles. The molecule has 16 heavy (non-hydrogen) atoms. The van der Waals surface area contributed by atoms with Gasteiger partial charge in [-0.1, -0.05) is 18.6 Å². The summed E-state index contributed by atoms with van der Waals surface area (Å²) < 4.78 is 0. The van der Waals surface area contributed by atoms with Crippen LogP contribution in [0.1, 0.15) is 24.8 Å². The van der Waals surface area contributed by atoms with Gasteiger partial charge in [-0.05, 0) is 30.0 Å². The van der Waals surface area contributed by atoms with Crippen LogP contribution in [-0.4, -0.2) is 10.2 Å². The van der Waals surface area contributed by atoms with E-state index in [2.05, 4.69) is 0 Å². The third kappa shape index (κ3) is 1.59. The first kappa shape index (κ1) is 11.1. The first-order valence-corrected chi connectivity index (χ1v) is 5.39. The maximum atomic E-state index is 11.4. The average Bonchev–Trinajstić information content (AvgIpc) is 2.16. The van der Waals surface area contributed by atoms with E-state index in [0.717, 1.165) is 24.8 Å². The predicted octanol–water partition coefficient (Wildman–Crippen LogP) is 2.78. The Bertz CT molecular complexity index is 437. The largest absolute Gasteiger partial charge is 0.280 e. The van der Waals surface area contributed by atoms with Gasteiger partial charge in [-0.25, -0.2) is 0 Å². The summed E-state index contributed by atoms with van der Waals surface area (Å²) in [5, 5.41) is 10.1. The maximum Gasteiger partial charge on any atom is 0.269 e. The van der Waals surface area contributed by atoms with E-state index >= 15 is 0 Å². The Morgan fingerprint density at radius 3 is 2.19 bits per heavy atom. The molecule has 5 heteroatoms. The second kappa shape index (κ2) is 3.87. The van der Waals surface area contributed by atoms with Crippen LogP contribution < -0.4 is 0 Å². The molecule has 1 fully saturated rings. The van der Waals surface area contributed by atoms with Crippen molar-refractivity contribution in [2.45, 2.75) is 24.7 Å². The van der Waals surface area contributed by atoms with Gasteiger partial charge < -0.3 is 0 Å². The minimum absolute atomic E-state index is 0.0280. The number of carbonyl (C=O) groups is 1. The van der Waals surface area contributed by atoms with Crippen LogP contribution in [-0.2, 0) is 10.2 Å². The van der Waals surface area contributed by atoms with Crippen LogP contribution in [0, 0.1) is 10.1 Å². The molecule has 0 aliphatic heterocycles. The summed E-state index contributed by atoms with van der Waals surface area (Å²) >= 11 is 5.60. The van der Waals surface area contributed by atoms with Crippen LogP contribution in [0.3, 0.4) is 0 Å². The predicted molar refractivity (Wildman–Crippen MR) is 59.5 cm³/mol. The van der Waals surface area contributed by atoms with Gasteiger partial charge in [-0.15, -0.1) is 0 Å². The standard InChI is InChI=1S/C11H10ClNO3/c12-10(14)11(6-1-7-11)8-2-4-9(5-3-8)13(15)16/h2-5H,1,6-7H2. The fraction of sp³-hybridized carbons (Fsp3) is 0.364. The Morgan fingerprint density at radius 2 is 1.88 bits per heavy atom. The molecule has 1 aliphatic carbocycles. The van der Waals surface area contributed by atoms with Crippen LogP contribution in [0.4, 0.5) is 5.69 Å². The monoisotopic (exact) mass is 239 g/mol. The van der Waals surface area contributed by atoms with Crippen LogP contribution in [0.15, 0.2) is 24.3 Å². The first-order chi connectivity index (χ1) is 7.56. The average molecular weight is 240 g/mol. The van der Waals surface area contributed by atoms with Gasteiger partial charge >= 0.3 is 0 Å². The topological polar surface area (TPSA) is 60.2 Å². The van der Waals surface area contributed by atoms with E-state index in [0.29, 0.717) is 0 Å². The second-order valence-corrected chi connectivity index (χ2v) is 4.36. The van der Waals surface area contributed by atoms with E-state index in [1.54, 1.807) is 12.1 Å². The van der Waals surface area contributed by atoms with Crippen LogP contribution in [0.2, 0.25) is 0 Å². The lowest BCUT2D eigenvalue weighted by molar-refractivity contribution is -0.384. The molecular formula is C11H10ClNO3. The number of hydrogen-bond acceptors (Lipinski definition) is 3. The fourth-order valence-corrected chi connectivity index (χ4v) is 2.33. The Balaban J connectivity index is 2.34. The maximum absolute atomic E-state index is 11.4. The number of benzene rings is 1. The number of non-ortho nitro benzene ring substituents is 1. The molecule has 84 valence electrons. The van der Waals surface area contributed by atoms with Gasteiger partial charge in [-0.3, -0.25) is 14.9 Å². The van der Waals surface area contributed by atoms with Gasteiger partial charge in [-0.2, -0.15) is 0 Å². The number of nitrogens with zero attached hydrogens (tertiary/aromatic N) is 1. The lowest BCUT2D eigenvalue weighted by Gasteiger charge is -2.38. The molecule has 0 atom stereocenters. The molecule has 4 nitrogen and oxygen atoms in total. The van der Waals surface area contributed by atoms with E-state index in [-0.39, 0.29) is 10.9 Å². The van der Waals surface area contributed by atoms with Gasteiger partial charge in [0, 0.05) is 12.1 Å². The molecule has 0 radical (unpaired) electrons. The highest BCUT2D eigenvalue weighted by atomic mass is 35.5. The highest BCUT2D eigenvalue weighted by molar-refractivity contribution is 6.65. The van der Waals surface area contributed by atoms with E-state index in [1.165, 1.54) is 12.1 Å². The second-order valence-electron chi connectivity index (χ2n) is 4.01. The molecule has 0 bridgehead atoms. The summed E-state index contributed by atoms with van der Waals surface area (Å²) in [5.74, 6) is 0. The van der Waals surface area contributed by atoms with Gasteiger partial charge in [0.1, 0.15) is 0 Å². The van der Waals surface area contributed by atoms with Crippen molar-refractivity contribution in [2.24, 2.45) is 0 Å². The zero-order valence-electron chi connectivity index (χ0n) is 8.48. The summed E-state index contributed by atoms with van der Waals surface area (Å²) in [6.45, 7) is 0. The quantitative estimate of drug-likeness (QED) is 0.463. The van der Waals surface area contributed by atoms with Crippen molar-refractivity contribution in [1.82, 2.24) is 0 Å². The fourth-order valence-electron chi connectivity index (χ4n) is 2.03. The first-order valence-electron chi connectivity index (χ1n) is 5.01. The van der Waals surface area contributed by atoms with Gasteiger partial charge in [0.15, 0.2) is 0 Å². The number of hydrogen-bond donors (Lipinski definition) is 0. The normalized spacial score (nSPS) is 17.6. The minimum Gasteiger partial charge on any atom is -0.280 e. The molecule has 2 rings (SSSR count). The molecule has 1 aliphatic rings. The third-order valence-electron chi connectivity index (χ3n) is 3.21.